The molecule has 0 aliphatic rings. The highest BCUT2D eigenvalue weighted by Gasteiger charge is 2.33. The van der Waals surface area contributed by atoms with Gasteiger partial charge in [0.25, 0.3) is 0 Å². The minimum absolute atomic E-state index is 0.402. The summed E-state index contributed by atoms with van der Waals surface area (Å²) in [5.41, 5.74) is -0.0533. The largest absolute Gasteiger partial charge is 0.467 e. The Morgan fingerprint density at radius 3 is 2.56 bits per heavy atom. The summed E-state index contributed by atoms with van der Waals surface area (Å²) < 4.78 is 4.68. The average Bonchev–Trinajstić information content (AvgIpc) is 2.29. The van der Waals surface area contributed by atoms with Crippen LogP contribution in [0.1, 0.15) is 12.5 Å². The van der Waals surface area contributed by atoms with Crippen LogP contribution >= 0.6 is 0 Å². The fraction of sp³-hybridized carbons (Fsp3) is 0.333. The number of esters is 1. The first-order chi connectivity index (χ1) is 7.62. The van der Waals surface area contributed by atoms with E-state index in [1.807, 2.05) is 30.3 Å². The van der Waals surface area contributed by atoms with Gasteiger partial charge in [0.2, 0.25) is 6.41 Å². The molecule has 0 radical (unpaired) electrons. The molecule has 0 aromatic heterocycles. The number of carbonyl (C=O) groups excluding carboxylic acids is 2. The molecule has 0 heterocycles. The zero-order valence-corrected chi connectivity index (χ0v) is 9.40. The van der Waals surface area contributed by atoms with E-state index < -0.39 is 11.5 Å². The Kier molecular flexibility index (Phi) is 4.05. The zero-order chi connectivity index (χ0) is 12.0. The standard InChI is InChI=1S/C12H15NO3/c1-12(13-9-14,11(15)16-2)8-10-6-4-3-5-7-10/h3-7,9H,8H2,1-2H3,(H,13,14). The predicted octanol–water partition coefficient (Wildman–Crippen LogP) is 0.907. The molecule has 0 spiro atoms. The topological polar surface area (TPSA) is 55.4 Å². The van der Waals surface area contributed by atoms with Crippen LogP contribution in [0.25, 0.3) is 0 Å². The lowest BCUT2D eigenvalue weighted by Crippen LogP contribution is -2.51. The number of nitrogens with one attached hydrogen (secondary N) is 1. The van der Waals surface area contributed by atoms with Gasteiger partial charge < -0.3 is 10.1 Å². The van der Waals surface area contributed by atoms with Gasteiger partial charge in [0.1, 0.15) is 5.54 Å². The Labute approximate surface area is 94.6 Å². The molecule has 0 bridgehead atoms. The lowest BCUT2D eigenvalue weighted by atomic mass is 9.93. The van der Waals surface area contributed by atoms with Gasteiger partial charge in [-0.15, -0.1) is 0 Å². The van der Waals surface area contributed by atoms with E-state index in [1.165, 1.54) is 7.11 Å². The molecule has 1 rings (SSSR count). The van der Waals surface area contributed by atoms with E-state index in [9.17, 15) is 9.59 Å². The number of ether oxygens (including phenoxy) is 1. The van der Waals surface area contributed by atoms with Crippen LogP contribution in [-0.4, -0.2) is 25.0 Å². The number of rotatable bonds is 5. The summed E-state index contributed by atoms with van der Waals surface area (Å²) in [6.07, 6.45) is 0.916. The number of hydrogen-bond acceptors (Lipinski definition) is 3. The van der Waals surface area contributed by atoms with E-state index in [-0.39, 0.29) is 0 Å². The molecule has 0 saturated heterocycles. The Bertz CT molecular complexity index is 364. The van der Waals surface area contributed by atoms with E-state index >= 15 is 0 Å². The maximum absolute atomic E-state index is 11.6. The van der Waals surface area contributed by atoms with Crippen LogP contribution in [-0.2, 0) is 20.7 Å². The van der Waals surface area contributed by atoms with E-state index in [4.69, 9.17) is 0 Å². The third kappa shape index (κ3) is 2.82. The van der Waals surface area contributed by atoms with Gasteiger partial charge in [-0.1, -0.05) is 30.3 Å². The molecule has 16 heavy (non-hydrogen) atoms. The van der Waals surface area contributed by atoms with Gasteiger partial charge in [0, 0.05) is 6.42 Å². The highest BCUT2D eigenvalue weighted by atomic mass is 16.5. The van der Waals surface area contributed by atoms with Crippen molar-refractivity contribution in [1.29, 1.82) is 0 Å². The summed E-state index contributed by atoms with van der Waals surface area (Å²) in [4.78, 5) is 22.1. The molecule has 86 valence electrons. The van der Waals surface area contributed by atoms with Crippen LogP contribution in [0, 0.1) is 0 Å². The minimum Gasteiger partial charge on any atom is -0.467 e. The molecule has 0 aliphatic heterocycles. The van der Waals surface area contributed by atoms with Crippen molar-refractivity contribution in [1.82, 2.24) is 5.32 Å². The molecule has 4 nitrogen and oxygen atoms in total. The van der Waals surface area contributed by atoms with Crippen molar-refractivity contribution in [3.05, 3.63) is 35.9 Å². The highest BCUT2D eigenvalue weighted by Crippen LogP contribution is 2.14. The monoisotopic (exact) mass is 221 g/mol. The van der Waals surface area contributed by atoms with E-state index in [1.54, 1.807) is 6.92 Å². The normalized spacial score (nSPS) is 13.6. The second-order valence-electron chi connectivity index (χ2n) is 3.75. The molecule has 0 saturated carbocycles. The van der Waals surface area contributed by atoms with Crippen molar-refractivity contribution in [2.75, 3.05) is 7.11 Å². The molecular weight excluding hydrogens is 206 g/mol. The summed E-state index contributed by atoms with van der Waals surface area (Å²) in [6.45, 7) is 1.64. The van der Waals surface area contributed by atoms with E-state index in [2.05, 4.69) is 10.1 Å². The summed E-state index contributed by atoms with van der Waals surface area (Å²) in [6, 6.07) is 9.45. The first-order valence-electron chi connectivity index (χ1n) is 4.96. The van der Waals surface area contributed by atoms with Gasteiger partial charge >= 0.3 is 5.97 Å². The van der Waals surface area contributed by atoms with Crippen LogP contribution in [0.3, 0.4) is 0 Å². The first kappa shape index (κ1) is 12.2. The third-order valence-corrected chi connectivity index (χ3v) is 2.41. The fourth-order valence-corrected chi connectivity index (χ4v) is 1.54. The number of hydrogen-bond donors (Lipinski definition) is 1. The molecule has 1 aromatic carbocycles. The summed E-state index contributed by atoms with van der Waals surface area (Å²) in [5, 5.41) is 2.50. The fourth-order valence-electron chi connectivity index (χ4n) is 1.54. The molecule has 1 amide bonds. The van der Waals surface area contributed by atoms with Crippen LogP contribution < -0.4 is 5.32 Å². The van der Waals surface area contributed by atoms with Gasteiger partial charge in [-0.2, -0.15) is 0 Å². The Morgan fingerprint density at radius 1 is 1.44 bits per heavy atom. The number of carbonyl (C=O) groups is 2. The van der Waals surface area contributed by atoms with Crippen molar-refractivity contribution < 1.29 is 14.3 Å². The predicted molar refractivity (Wildman–Crippen MR) is 59.8 cm³/mol. The van der Waals surface area contributed by atoms with Gasteiger partial charge in [-0.05, 0) is 12.5 Å². The van der Waals surface area contributed by atoms with Crippen molar-refractivity contribution in [2.24, 2.45) is 0 Å². The number of benzene rings is 1. The van der Waals surface area contributed by atoms with E-state index in [0.717, 1.165) is 5.56 Å². The molecule has 4 heteroatoms. The first-order valence-corrected chi connectivity index (χ1v) is 4.96. The minimum atomic E-state index is -1.02. The third-order valence-electron chi connectivity index (χ3n) is 2.41. The van der Waals surface area contributed by atoms with Crippen molar-refractivity contribution in [2.45, 2.75) is 18.9 Å². The van der Waals surface area contributed by atoms with Crippen LogP contribution in [0.15, 0.2) is 30.3 Å². The van der Waals surface area contributed by atoms with Gasteiger partial charge in [-0.25, -0.2) is 4.79 Å². The summed E-state index contributed by atoms with van der Waals surface area (Å²) in [7, 11) is 1.30. The lowest BCUT2D eigenvalue weighted by molar-refractivity contribution is -0.148. The molecular formula is C12H15NO3. The Balaban J connectivity index is 2.87. The van der Waals surface area contributed by atoms with E-state index in [0.29, 0.717) is 12.8 Å². The second kappa shape index (κ2) is 5.30. The maximum Gasteiger partial charge on any atom is 0.331 e. The highest BCUT2D eigenvalue weighted by molar-refractivity contribution is 5.83. The molecule has 1 unspecified atom stereocenters. The van der Waals surface area contributed by atoms with Crippen molar-refractivity contribution in [3.63, 3.8) is 0 Å². The van der Waals surface area contributed by atoms with Crippen LogP contribution in [0.5, 0.6) is 0 Å². The number of amides is 1. The lowest BCUT2D eigenvalue weighted by Gasteiger charge is -2.25. The molecule has 1 N–H and O–H groups in total. The Hall–Kier alpha value is -1.84. The van der Waals surface area contributed by atoms with Gasteiger partial charge in [0.05, 0.1) is 7.11 Å². The molecule has 1 atom stereocenters. The summed E-state index contributed by atoms with van der Waals surface area (Å²) >= 11 is 0. The van der Waals surface area contributed by atoms with Crippen LogP contribution in [0.2, 0.25) is 0 Å². The molecule has 0 fully saturated rings. The second-order valence-corrected chi connectivity index (χ2v) is 3.75. The molecule has 1 aromatic rings. The number of methoxy groups -OCH3 is 1. The molecule has 0 aliphatic carbocycles. The average molecular weight is 221 g/mol. The van der Waals surface area contributed by atoms with Gasteiger partial charge in [0.15, 0.2) is 0 Å². The Morgan fingerprint density at radius 2 is 2.06 bits per heavy atom. The quantitative estimate of drug-likeness (QED) is 0.594. The van der Waals surface area contributed by atoms with Crippen molar-refractivity contribution in [3.8, 4) is 0 Å². The van der Waals surface area contributed by atoms with Gasteiger partial charge in [-0.3, -0.25) is 4.79 Å². The maximum atomic E-state index is 11.6. The SMILES string of the molecule is COC(=O)C(C)(Cc1ccccc1)NC=O. The van der Waals surface area contributed by atoms with Crippen LogP contribution in [0.4, 0.5) is 0 Å². The summed E-state index contributed by atoms with van der Waals surface area (Å²) in [5.74, 6) is -0.455. The smallest absolute Gasteiger partial charge is 0.331 e. The zero-order valence-electron chi connectivity index (χ0n) is 9.40. The van der Waals surface area contributed by atoms with Crippen molar-refractivity contribution >= 4 is 12.4 Å².